The molecule has 0 aliphatic carbocycles. The monoisotopic (exact) mass is 107 g/mol. The second kappa shape index (κ2) is 2.31. The van der Waals surface area contributed by atoms with Crippen molar-refractivity contribution in [1.82, 2.24) is 4.98 Å². The summed E-state index contributed by atoms with van der Waals surface area (Å²) in [4.78, 5) is 3.56. The van der Waals surface area contributed by atoms with Crippen LogP contribution in [-0.2, 0) is 0 Å². The number of nitrogens with zero attached hydrogens (tertiary/aromatic N) is 1. The first-order chi connectivity index (χ1) is 3.93. The Morgan fingerprint density at radius 3 is 2.50 bits per heavy atom. The average Bonchev–Trinajstić information content (AvgIpc) is 1.90. The summed E-state index contributed by atoms with van der Waals surface area (Å²) in [5, 5.41) is 0. The van der Waals surface area contributed by atoms with Gasteiger partial charge in [0, 0.05) is 12.1 Å². The molecule has 0 spiro atoms. The summed E-state index contributed by atoms with van der Waals surface area (Å²) in [7, 11) is 1.59. The lowest BCUT2D eigenvalue weighted by atomic mass is 10.5. The molecule has 0 aromatic carbocycles. The van der Waals surface area contributed by atoms with Crippen molar-refractivity contribution in [2.24, 2.45) is 0 Å². The molecular weight excluding hydrogens is 102 g/mol. The molecule has 0 N–H and O–H groups in total. The van der Waals surface area contributed by atoms with Crippen molar-refractivity contribution in [3.63, 3.8) is 0 Å². The summed E-state index contributed by atoms with van der Waals surface area (Å²) in [6.07, 6.45) is 5.16. The Morgan fingerprint density at radius 1 is 1.50 bits per heavy atom. The average molecular weight is 107 g/mol. The minimum absolute atomic E-state index is 0.736. The third kappa shape index (κ3) is 0.964. The number of methoxy groups -OCH3 is 1. The van der Waals surface area contributed by atoms with E-state index in [9.17, 15) is 0 Å². The smallest absolute Gasteiger partial charge is 0.123 e. The van der Waals surface area contributed by atoms with Gasteiger partial charge < -0.3 is 4.74 Å². The zero-order valence-corrected chi connectivity index (χ0v) is 4.51. The lowest BCUT2D eigenvalue weighted by Crippen LogP contribution is -1.80. The SMILES string of the molecule is COc1c[c]n[c]c1. The number of hydrogen-bond acceptors (Lipinski definition) is 2. The Bertz CT molecular complexity index is 150. The molecule has 1 aromatic rings. The maximum Gasteiger partial charge on any atom is 0.123 e. The molecular formula is C6H5NO. The van der Waals surface area contributed by atoms with E-state index in [4.69, 9.17) is 4.74 Å². The highest BCUT2D eigenvalue weighted by Crippen LogP contribution is 2.02. The maximum absolute atomic E-state index is 4.81. The Morgan fingerprint density at radius 2 is 2.12 bits per heavy atom. The van der Waals surface area contributed by atoms with E-state index in [1.54, 1.807) is 19.2 Å². The zero-order valence-electron chi connectivity index (χ0n) is 4.51. The molecule has 1 heterocycles. The van der Waals surface area contributed by atoms with Gasteiger partial charge in [-0.15, -0.1) is 0 Å². The van der Waals surface area contributed by atoms with E-state index in [2.05, 4.69) is 17.4 Å². The molecule has 1 rings (SSSR count). The predicted octanol–water partition coefficient (Wildman–Crippen LogP) is 0.691. The molecule has 2 heteroatoms. The van der Waals surface area contributed by atoms with Gasteiger partial charge in [0.05, 0.1) is 19.5 Å². The van der Waals surface area contributed by atoms with Gasteiger partial charge in [0.15, 0.2) is 0 Å². The third-order valence-electron chi connectivity index (χ3n) is 0.778. The van der Waals surface area contributed by atoms with Crippen LogP contribution in [0.4, 0.5) is 0 Å². The Kier molecular flexibility index (Phi) is 1.47. The molecule has 0 atom stereocenters. The Labute approximate surface area is 48.1 Å². The summed E-state index contributed by atoms with van der Waals surface area (Å²) in [5.41, 5.74) is 0. The number of rotatable bonds is 1. The first-order valence-electron chi connectivity index (χ1n) is 2.21. The fourth-order valence-corrected chi connectivity index (χ4v) is 0.389. The molecule has 1 aromatic heterocycles. The van der Waals surface area contributed by atoms with Crippen molar-refractivity contribution in [3.8, 4) is 5.75 Å². The summed E-state index contributed by atoms with van der Waals surface area (Å²) >= 11 is 0. The van der Waals surface area contributed by atoms with E-state index in [1.807, 2.05) is 0 Å². The van der Waals surface area contributed by atoms with Crippen molar-refractivity contribution in [3.05, 3.63) is 24.5 Å². The first-order valence-corrected chi connectivity index (χ1v) is 2.21. The molecule has 0 amide bonds. The quantitative estimate of drug-likeness (QED) is 0.526. The molecule has 0 bridgehead atoms. The largest absolute Gasteiger partial charge is 0.497 e. The van der Waals surface area contributed by atoms with Gasteiger partial charge in [-0.25, -0.2) is 4.98 Å². The lowest BCUT2D eigenvalue weighted by molar-refractivity contribution is 0.414. The van der Waals surface area contributed by atoms with E-state index in [0.717, 1.165) is 5.75 Å². The molecule has 0 unspecified atom stereocenters. The van der Waals surface area contributed by atoms with E-state index < -0.39 is 0 Å². The second-order valence-electron chi connectivity index (χ2n) is 1.27. The molecule has 0 saturated carbocycles. The minimum Gasteiger partial charge on any atom is -0.497 e. The van der Waals surface area contributed by atoms with Crippen LogP contribution in [0.2, 0.25) is 0 Å². The van der Waals surface area contributed by atoms with Crippen LogP contribution in [0, 0.1) is 12.4 Å². The van der Waals surface area contributed by atoms with Crippen LogP contribution in [0.15, 0.2) is 12.1 Å². The van der Waals surface area contributed by atoms with Crippen molar-refractivity contribution in [2.45, 2.75) is 0 Å². The molecule has 8 heavy (non-hydrogen) atoms. The summed E-state index contributed by atoms with van der Waals surface area (Å²) < 4.78 is 4.81. The van der Waals surface area contributed by atoms with E-state index in [1.165, 1.54) is 0 Å². The first kappa shape index (κ1) is 5.09. The van der Waals surface area contributed by atoms with E-state index >= 15 is 0 Å². The zero-order chi connectivity index (χ0) is 5.82. The Hall–Kier alpha value is -1.05. The fourth-order valence-electron chi connectivity index (χ4n) is 0.389. The van der Waals surface area contributed by atoms with Gasteiger partial charge in [-0.1, -0.05) is 0 Å². The van der Waals surface area contributed by atoms with Gasteiger partial charge in [-0.2, -0.15) is 0 Å². The van der Waals surface area contributed by atoms with Crippen molar-refractivity contribution < 1.29 is 4.74 Å². The van der Waals surface area contributed by atoms with Gasteiger partial charge in [0.25, 0.3) is 0 Å². The van der Waals surface area contributed by atoms with Crippen LogP contribution in [0.25, 0.3) is 0 Å². The molecule has 0 aliphatic rings. The molecule has 0 aliphatic heterocycles. The molecule has 0 saturated heterocycles. The maximum atomic E-state index is 4.81. The molecule has 2 radical (unpaired) electrons. The number of hydrogen-bond donors (Lipinski definition) is 0. The van der Waals surface area contributed by atoms with Crippen LogP contribution < -0.4 is 4.74 Å². The molecule has 2 nitrogen and oxygen atoms in total. The summed E-state index contributed by atoms with van der Waals surface area (Å²) in [5.74, 6) is 0.736. The minimum atomic E-state index is 0.736. The number of ether oxygens (including phenoxy) is 1. The van der Waals surface area contributed by atoms with Gasteiger partial charge in [0.2, 0.25) is 0 Å². The van der Waals surface area contributed by atoms with Gasteiger partial charge in [0.1, 0.15) is 5.75 Å². The van der Waals surface area contributed by atoms with Crippen LogP contribution in [0.5, 0.6) is 5.75 Å². The fraction of sp³-hybridized carbons (Fsp3) is 0.167. The highest BCUT2D eigenvalue weighted by Gasteiger charge is 1.82. The van der Waals surface area contributed by atoms with Crippen LogP contribution in [0.3, 0.4) is 0 Å². The van der Waals surface area contributed by atoms with Gasteiger partial charge in [-0.05, 0) is 0 Å². The van der Waals surface area contributed by atoms with Crippen LogP contribution >= 0.6 is 0 Å². The van der Waals surface area contributed by atoms with Gasteiger partial charge in [-0.3, -0.25) is 0 Å². The molecule has 0 fully saturated rings. The normalized spacial score (nSPS) is 8.62. The van der Waals surface area contributed by atoms with Crippen LogP contribution in [-0.4, -0.2) is 12.1 Å². The highest BCUT2D eigenvalue weighted by molar-refractivity contribution is 5.14. The van der Waals surface area contributed by atoms with Crippen molar-refractivity contribution >= 4 is 0 Å². The van der Waals surface area contributed by atoms with Gasteiger partial charge >= 0.3 is 0 Å². The van der Waals surface area contributed by atoms with Crippen LogP contribution in [0.1, 0.15) is 0 Å². The topological polar surface area (TPSA) is 22.1 Å². The summed E-state index contributed by atoms with van der Waals surface area (Å²) in [6.45, 7) is 0. The van der Waals surface area contributed by atoms with E-state index in [-0.39, 0.29) is 0 Å². The third-order valence-corrected chi connectivity index (χ3v) is 0.778. The number of pyridine rings is 1. The number of aromatic nitrogens is 1. The molecule has 40 valence electrons. The summed E-state index contributed by atoms with van der Waals surface area (Å²) in [6, 6.07) is 3.30. The predicted molar refractivity (Wildman–Crippen MR) is 28.5 cm³/mol. The van der Waals surface area contributed by atoms with Crippen molar-refractivity contribution in [2.75, 3.05) is 7.11 Å². The standard InChI is InChI=1S/C6H5NO/c1-8-6-2-4-7-5-3-6/h2-3H,1H3. The highest BCUT2D eigenvalue weighted by atomic mass is 16.5. The second-order valence-corrected chi connectivity index (χ2v) is 1.27. The van der Waals surface area contributed by atoms with Crippen molar-refractivity contribution in [1.29, 1.82) is 0 Å². The Balaban J connectivity index is 2.83. The lowest BCUT2D eigenvalue weighted by Gasteiger charge is -1.92. The van der Waals surface area contributed by atoms with E-state index in [0.29, 0.717) is 0 Å².